The second-order valence-corrected chi connectivity index (χ2v) is 3.79. The van der Waals surface area contributed by atoms with E-state index in [9.17, 15) is 4.39 Å². The summed E-state index contributed by atoms with van der Waals surface area (Å²) in [6.07, 6.45) is 1.73. The third-order valence-electron chi connectivity index (χ3n) is 1.83. The van der Waals surface area contributed by atoms with Crippen molar-refractivity contribution >= 4 is 12.6 Å². The van der Waals surface area contributed by atoms with Crippen LogP contribution in [-0.2, 0) is 4.75 Å². The zero-order valence-electron chi connectivity index (χ0n) is 6.92. The number of rotatable bonds is 2. The Kier molecular flexibility index (Phi) is 2.58. The van der Waals surface area contributed by atoms with E-state index in [0.717, 1.165) is 5.56 Å². The third kappa shape index (κ3) is 1.89. The molecule has 0 aromatic heterocycles. The topological polar surface area (TPSA) is 0 Å². The van der Waals surface area contributed by atoms with Crippen molar-refractivity contribution in [2.24, 2.45) is 0 Å². The molecule has 1 atom stereocenters. The molecule has 12 heavy (non-hydrogen) atoms. The number of thiol groups is 1. The molecule has 0 bridgehead atoms. The van der Waals surface area contributed by atoms with Crippen molar-refractivity contribution in [2.75, 3.05) is 0 Å². The quantitative estimate of drug-likeness (QED) is 0.527. The van der Waals surface area contributed by atoms with E-state index in [1.165, 1.54) is 12.1 Å². The zero-order valence-corrected chi connectivity index (χ0v) is 7.81. The summed E-state index contributed by atoms with van der Waals surface area (Å²) in [6, 6.07) is 6.27. The van der Waals surface area contributed by atoms with Gasteiger partial charge in [-0.25, -0.2) is 4.39 Å². The molecule has 0 aliphatic carbocycles. The van der Waals surface area contributed by atoms with E-state index in [1.54, 1.807) is 18.2 Å². The number of benzene rings is 1. The van der Waals surface area contributed by atoms with Crippen LogP contribution in [-0.4, -0.2) is 0 Å². The molecule has 1 rings (SSSR count). The van der Waals surface area contributed by atoms with E-state index < -0.39 is 0 Å². The lowest BCUT2D eigenvalue weighted by Gasteiger charge is -2.18. The maximum atomic E-state index is 12.5. The molecule has 0 amide bonds. The second-order valence-electron chi connectivity index (χ2n) is 2.86. The average Bonchev–Trinajstić information content (AvgIpc) is 2.05. The van der Waals surface area contributed by atoms with Gasteiger partial charge in [-0.2, -0.15) is 12.6 Å². The lowest BCUT2D eigenvalue weighted by atomic mass is 10.0. The summed E-state index contributed by atoms with van der Waals surface area (Å²) in [7, 11) is 0. The van der Waals surface area contributed by atoms with Crippen molar-refractivity contribution in [1.82, 2.24) is 0 Å². The van der Waals surface area contributed by atoms with Crippen molar-refractivity contribution in [1.29, 1.82) is 0 Å². The fourth-order valence-corrected chi connectivity index (χ4v) is 1.05. The molecule has 0 unspecified atom stereocenters. The van der Waals surface area contributed by atoms with Crippen LogP contribution in [0, 0.1) is 5.82 Å². The third-order valence-corrected chi connectivity index (χ3v) is 2.27. The Morgan fingerprint density at radius 1 is 1.42 bits per heavy atom. The van der Waals surface area contributed by atoms with Crippen LogP contribution in [0.1, 0.15) is 12.5 Å². The van der Waals surface area contributed by atoms with E-state index in [0.29, 0.717) is 0 Å². The van der Waals surface area contributed by atoms with Crippen LogP contribution >= 0.6 is 12.6 Å². The summed E-state index contributed by atoms with van der Waals surface area (Å²) in [4.78, 5) is 0. The van der Waals surface area contributed by atoms with Gasteiger partial charge in [0.1, 0.15) is 5.82 Å². The molecule has 0 heterocycles. The summed E-state index contributed by atoms with van der Waals surface area (Å²) < 4.78 is 12.1. The summed E-state index contributed by atoms with van der Waals surface area (Å²) in [5.41, 5.74) is 0.947. The summed E-state index contributed by atoms with van der Waals surface area (Å²) in [6.45, 7) is 5.57. The fraction of sp³-hybridized carbons (Fsp3) is 0.200. The standard InChI is InChI=1S/C10H11FS/c1-3-10(2,12)8-4-6-9(11)7-5-8/h3-7,12H,1H2,2H3/t10-/m0/s1. The van der Waals surface area contributed by atoms with Gasteiger partial charge in [0, 0.05) is 0 Å². The highest BCUT2D eigenvalue weighted by Crippen LogP contribution is 2.28. The van der Waals surface area contributed by atoms with E-state index in [1.807, 2.05) is 6.92 Å². The highest BCUT2D eigenvalue weighted by atomic mass is 32.1. The monoisotopic (exact) mass is 182 g/mol. The molecule has 0 aliphatic heterocycles. The van der Waals surface area contributed by atoms with Crippen molar-refractivity contribution in [2.45, 2.75) is 11.7 Å². The van der Waals surface area contributed by atoms with Crippen LogP contribution < -0.4 is 0 Å². The molecule has 0 fully saturated rings. The number of halogens is 1. The van der Waals surface area contributed by atoms with E-state index in [2.05, 4.69) is 19.2 Å². The summed E-state index contributed by atoms with van der Waals surface area (Å²) >= 11 is 4.37. The van der Waals surface area contributed by atoms with Crippen molar-refractivity contribution in [3.8, 4) is 0 Å². The minimum absolute atomic E-state index is 0.230. The van der Waals surface area contributed by atoms with Crippen molar-refractivity contribution in [3.63, 3.8) is 0 Å². The molecule has 0 spiro atoms. The zero-order chi connectivity index (χ0) is 9.19. The van der Waals surface area contributed by atoms with Gasteiger partial charge in [0.15, 0.2) is 0 Å². The molecule has 0 saturated carbocycles. The van der Waals surface area contributed by atoms with Crippen LogP contribution in [0.25, 0.3) is 0 Å². The van der Waals surface area contributed by atoms with Crippen LogP contribution in [0.5, 0.6) is 0 Å². The molecule has 0 saturated heterocycles. The average molecular weight is 182 g/mol. The van der Waals surface area contributed by atoms with Gasteiger partial charge in [-0.15, -0.1) is 6.58 Å². The minimum Gasteiger partial charge on any atom is -0.207 e. The first-order valence-corrected chi connectivity index (χ1v) is 4.13. The number of hydrogen-bond donors (Lipinski definition) is 1. The van der Waals surface area contributed by atoms with E-state index >= 15 is 0 Å². The van der Waals surface area contributed by atoms with E-state index in [-0.39, 0.29) is 10.6 Å². The predicted octanol–water partition coefficient (Wildman–Crippen LogP) is 3.16. The minimum atomic E-state index is -0.381. The van der Waals surface area contributed by atoms with Crippen molar-refractivity contribution < 1.29 is 4.39 Å². The van der Waals surface area contributed by atoms with E-state index in [4.69, 9.17) is 0 Å². The normalized spacial score (nSPS) is 15.2. The number of hydrogen-bond acceptors (Lipinski definition) is 1. The second kappa shape index (κ2) is 3.31. The van der Waals surface area contributed by atoms with Crippen LogP contribution in [0.4, 0.5) is 4.39 Å². The Bertz CT molecular complexity index is 274. The highest BCUT2D eigenvalue weighted by Gasteiger charge is 2.16. The van der Waals surface area contributed by atoms with Gasteiger partial charge in [0.2, 0.25) is 0 Å². The van der Waals surface area contributed by atoms with Gasteiger partial charge in [-0.1, -0.05) is 18.2 Å². The predicted molar refractivity (Wildman–Crippen MR) is 52.9 cm³/mol. The lowest BCUT2D eigenvalue weighted by molar-refractivity contribution is 0.626. The first-order chi connectivity index (χ1) is 5.56. The van der Waals surface area contributed by atoms with Crippen molar-refractivity contribution in [3.05, 3.63) is 48.3 Å². The lowest BCUT2D eigenvalue weighted by Crippen LogP contribution is -2.08. The maximum absolute atomic E-state index is 12.5. The molecule has 2 heteroatoms. The van der Waals surface area contributed by atoms with Gasteiger partial charge >= 0.3 is 0 Å². The smallest absolute Gasteiger partial charge is 0.123 e. The molecule has 0 N–H and O–H groups in total. The van der Waals surface area contributed by atoms with Gasteiger partial charge in [-0.3, -0.25) is 0 Å². The molecular formula is C10H11FS. The van der Waals surface area contributed by atoms with Gasteiger partial charge in [0.05, 0.1) is 4.75 Å². The van der Waals surface area contributed by atoms with Crippen LogP contribution in [0.2, 0.25) is 0 Å². The molecule has 1 aromatic carbocycles. The molecular weight excluding hydrogens is 171 g/mol. The Hall–Kier alpha value is -0.760. The first-order valence-electron chi connectivity index (χ1n) is 3.68. The summed E-state index contributed by atoms with van der Waals surface area (Å²) in [5, 5.41) is 0. The fourth-order valence-electron chi connectivity index (χ4n) is 0.905. The SMILES string of the molecule is C=C[C@](C)(S)c1ccc(F)cc1. The van der Waals surface area contributed by atoms with Crippen LogP contribution in [0.15, 0.2) is 36.9 Å². The Labute approximate surface area is 77.5 Å². The highest BCUT2D eigenvalue weighted by molar-refractivity contribution is 7.81. The Morgan fingerprint density at radius 2 is 1.92 bits per heavy atom. The van der Waals surface area contributed by atoms with Crippen LogP contribution in [0.3, 0.4) is 0 Å². The largest absolute Gasteiger partial charge is 0.207 e. The molecule has 0 radical (unpaired) electrons. The van der Waals surface area contributed by atoms with Gasteiger partial charge in [-0.05, 0) is 24.6 Å². The molecule has 1 aromatic rings. The summed E-state index contributed by atoms with van der Waals surface area (Å²) in [5.74, 6) is -0.230. The van der Waals surface area contributed by atoms with Gasteiger partial charge in [0.25, 0.3) is 0 Å². The Balaban J connectivity index is 3.04. The molecule has 0 nitrogen and oxygen atoms in total. The first kappa shape index (κ1) is 9.33. The molecule has 0 aliphatic rings. The Morgan fingerprint density at radius 3 is 2.33 bits per heavy atom. The maximum Gasteiger partial charge on any atom is 0.123 e. The molecule has 64 valence electrons. The van der Waals surface area contributed by atoms with Gasteiger partial charge < -0.3 is 0 Å².